The van der Waals surface area contributed by atoms with Crippen LogP contribution in [0.4, 0.5) is 0 Å². The second-order valence-corrected chi connectivity index (χ2v) is 4.52. The van der Waals surface area contributed by atoms with E-state index in [2.05, 4.69) is 11.2 Å². The van der Waals surface area contributed by atoms with Crippen LogP contribution in [0.1, 0.15) is 12.8 Å². The third kappa shape index (κ3) is 3.48. The van der Waals surface area contributed by atoms with Gasteiger partial charge in [0.25, 0.3) is 0 Å². The van der Waals surface area contributed by atoms with Crippen molar-refractivity contribution in [1.29, 1.82) is 0 Å². The van der Waals surface area contributed by atoms with E-state index in [1.54, 1.807) is 11.8 Å². The molecule has 2 unspecified atom stereocenters. The molecule has 0 aromatic rings. The van der Waals surface area contributed by atoms with E-state index in [1.807, 2.05) is 0 Å². The first kappa shape index (κ1) is 11.9. The highest BCUT2D eigenvalue weighted by atomic mass is 32.2. The lowest BCUT2D eigenvalue weighted by molar-refractivity contribution is -0.142. The van der Waals surface area contributed by atoms with Crippen molar-refractivity contribution in [3.05, 3.63) is 0 Å². The van der Waals surface area contributed by atoms with E-state index < -0.39 is 12.0 Å². The van der Waals surface area contributed by atoms with Crippen LogP contribution in [0, 0.1) is 18.3 Å². The highest BCUT2D eigenvalue weighted by molar-refractivity contribution is 7.99. The molecule has 4 nitrogen and oxygen atoms in total. The van der Waals surface area contributed by atoms with E-state index in [9.17, 15) is 9.59 Å². The van der Waals surface area contributed by atoms with E-state index in [0.29, 0.717) is 0 Å². The molecular weight excluding hydrogens is 214 g/mol. The number of terminal acetylenes is 1. The number of hydrogen-bond donors (Lipinski definition) is 2. The number of amides is 1. The van der Waals surface area contributed by atoms with Crippen LogP contribution < -0.4 is 5.32 Å². The number of carboxylic acid groups (broad SMARTS) is 1. The first-order valence-electron chi connectivity index (χ1n) is 4.69. The van der Waals surface area contributed by atoms with E-state index in [4.69, 9.17) is 11.5 Å². The minimum atomic E-state index is -1.08. The van der Waals surface area contributed by atoms with Gasteiger partial charge >= 0.3 is 5.97 Å². The molecule has 1 heterocycles. The van der Waals surface area contributed by atoms with Gasteiger partial charge in [0.05, 0.1) is 0 Å². The fraction of sp³-hybridized carbons (Fsp3) is 0.600. The molecule has 1 aliphatic heterocycles. The Morgan fingerprint density at radius 3 is 2.87 bits per heavy atom. The summed E-state index contributed by atoms with van der Waals surface area (Å²) < 4.78 is 0. The molecule has 1 amide bonds. The van der Waals surface area contributed by atoms with Gasteiger partial charge in [0.15, 0.2) is 0 Å². The summed E-state index contributed by atoms with van der Waals surface area (Å²) in [5, 5.41) is 11.2. The van der Waals surface area contributed by atoms with E-state index in [1.165, 1.54) is 0 Å². The summed E-state index contributed by atoms with van der Waals surface area (Å²) in [5.74, 6) is 2.65. The lowest BCUT2D eigenvalue weighted by Gasteiger charge is -2.14. The maximum atomic E-state index is 11.6. The molecule has 82 valence electrons. The van der Waals surface area contributed by atoms with Gasteiger partial charge in [-0.3, -0.25) is 4.79 Å². The van der Waals surface area contributed by atoms with Crippen molar-refractivity contribution in [1.82, 2.24) is 5.32 Å². The Labute approximate surface area is 92.8 Å². The molecule has 0 aromatic carbocycles. The monoisotopic (exact) mass is 227 g/mol. The number of aliphatic carboxylic acids is 1. The third-order valence-corrected chi connectivity index (χ3v) is 3.40. The van der Waals surface area contributed by atoms with Gasteiger partial charge in [-0.05, 0) is 12.2 Å². The fourth-order valence-corrected chi connectivity index (χ4v) is 2.57. The highest BCUT2D eigenvalue weighted by Gasteiger charge is 2.27. The molecule has 0 spiro atoms. The predicted octanol–water partition coefficient (Wildman–Crippen LogP) is 0.332. The topological polar surface area (TPSA) is 66.4 Å². The highest BCUT2D eigenvalue weighted by Crippen LogP contribution is 2.23. The second kappa shape index (κ2) is 5.66. The maximum Gasteiger partial charge on any atom is 0.327 e. The standard InChI is InChI=1S/C10H13NO3S/c1-2-3-8(10(13)14)11-9(12)7-4-5-15-6-7/h1,7-8H,3-6H2,(H,11,12)(H,13,14). The number of nitrogens with one attached hydrogen (secondary N) is 1. The van der Waals surface area contributed by atoms with Crippen LogP contribution >= 0.6 is 11.8 Å². The molecule has 2 atom stereocenters. The largest absolute Gasteiger partial charge is 0.480 e. The second-order valence-electron chi connectivity index (χ2n) is 3.37. The molecular formula is C10H13NO3S. The fourth-order valence-electron chi connectivity index (χ4n) is 1.35. The van der Waals surface area contributed by atoms with Crippen molar-refractivity contribution in [2.75, 3.05) is 11.5 Å². The Bertz CT molecular complexity index is 292. The van der Waals surface area contributed by atoms with E-state index >= 15 is 0 Å². The quantitative estimate of drug-likeness (QED) is 0.679. The summed E-state index contributed by atoms with van der Waals surface area (Å²) in [6.07, 6.45) is 5.87. The van der Waals surface area contributed by atoms with Crippen LogP contribution in [0.2, 0.25) is 0 Å². The molecule has 0 aliphatic carbocycles. The van der Waals surface area contributed by atoms with Crippen molar-refractivity contribution in [2.45, 2.75) is 18.9 Å². The summed E-state index contributed by atoms with van der Waals surface area (Å²) in [6.45, 7) is 0. The average Bonchev–Trinajstić information content (AvgIpc) is 2.69. The minimum absolute atomic E-state index is 0.0287. The molecule has 1 fully saturated rings. The number of thioether (sulfide) groups is 1. The number of carbonyl (C=O) groups is 2. The summed E-state index contributed by atoms with van der Waals surface area (Å²) >= 11 is 1.71. The van der Waals surface area contributed by atoms with Crippen LogP contribution in [-0.4, -0.2) is 34.5 Å². The van der Waals surface area contributed by atoms with Gasteiger partial charge in [0, 0.05) is 18.1 Å². The first-order valence-corrected chi connectivity index (χ1v) is 5.85. The zero-order valence-electron chi connectivity index (χ0n) is 8.23. The summed E-state index contributed by atoms with van der Waals surface area (Å²) in [4.78, 5) is 22.3. The van der Waals surface area contributed by atoms with Crippen LogP contribution in [0.5, 0.6) is 0 Å². The molecule has 1 aliphatic rings. The van der Waals surface area contributed by atoms with E-state index in [0.717, 1.165) is 17.9 Å². The minimum Gasteiger partial charge on any atom is -0.480 e. The van der Waals surface area contributed by atoms with Crippen LogP contribution in [0.15, 0.2) is 0 Å². The maximum absolute atomic E-state index is 11.6. The summed E-state index contributed by atoms with van der Waals surface area (Å²) in [5.41, 5.74) is 0. The summed E-state index contributed by atoms with van der Waals surface area (Å²) in [6, 6.07) is -0.951. The number of hydrogen-bond acceptors (Lipinski definition) is 3. The smallest absolute Gasteiger partial charge is 0.327 e. The van der Waals surface area contributed by atoms with E-state index in [-0.39, 0.29) is 18.2 Å². The Kier molecular flexibility index (Phi) is 4.50. The zero-order chi connectivity index (χ0) is 11.3. The van der Waals surface area contributed by atoms with Gasteiger partial charge in [-0.2, -0.15) is 11.8 Å². The van der Waals surface area contributed by atoms with Gasteiger partial charge in [-0.25, -0.2) is 4.79 Å². The van der Waals surface area contributed by atoms with Gasteiger partial charge in [0.1, 0.15) is 6.04 Å². The Morgan fingerprint density at radius 1 is 1.67 bits per heavy atom. The van der Waals surface area contributed by atoms with Gasteiger partial charge in [-0.15, -0.1) is 12.3 Å². The molecule has 5 heteroatoms. The van der Waals surface area contributed by atoms with Gasteiger partial charge in [-0.1, -0.05) is 0 Å². The Hall–Kier alpha value is -1.15. The average molecular weight is 227 g/mol. The Morgan fingerprint density at radius 2 is 2.40 bits per heavy atom. The molecule has 1 saturated heterocycles. The Balaban J connectivity index is 2.46. The van der Waals surface area contributed by atoms with Crippen molar-refractivity contribution < 1.29 is 14.7 Å². The molecule has 0 bridgehead atoms. The lowest BCUT2D eigenvalue weighted by atomic mass is 10.1. The molecule has 0 radical (unpaired) electrons. The molecule has 1 rings (SSSR count). The molecule has 15 heavy (non-hydrogen) atoms. The number of carboxylic acids is 1. The zero-order valence-corrected chi connectivity index (χ0v) is 9.05. The first-order chi connectivity index (χ1) is 7.15. The molecule has 0 aromatic heterocycles. The third-order valence-electron chi connectivity index (χ3n) is 2.24. The summed E-state index contributed by atoms with van der Waals surface area (Å²) in [7, 11) is 0. The van der Waals surface area contributed by atoms with Crippen LogP contribution in [-0.2, 0) is 9.59 Å². The normalized spacial score (nSPS) is 21.7. The SMILES string of the molecule is C#CCC(NC(=O)C1CCSC1)C(=O)O. The van der Waals surface area contributed by atoms with Crippen molar-refractivity contribution in [3.63, 3.8) is 0 Å². The predicted molar refractivity (Wildman–Crippen MR) is 58.4 cm³/mol. The molecule has 2 N–H and O–H groups in total. The molecule has 0 saturated carbocycles. The van der Waals surface area contributed by atoms with Crippen LogP contribution in [0.3, 0.4) is 0 Å². The number of rotatable bonds is 4. The number of carbonyl (C=O) groups excluding carboxylic acids is 1. The van der Waals surface area contributed by atoms with Gasteiger partial charge < -0.3 is 10.4 Å². The van der Waals surface area contributed by atoms with Gasteiger partial charge in [0.2, 0.25) is 5.91 Å². The van der Waals surface area contributed by atoms with Crippen molar-refractivity contribution >= 4 is 23.6 Å². The lowest BCUT2D eigenvalue weighted by Crippen LogP contribution is -2.43. The van der Waals surface area contributed by atoms with Crippen molar-refractivity contribution in [3.8, 4) is 12.3 Å². The van der Waals surface area contributed by atoms with Crippen molar-refractivity contribution in [2.24, 2.45) is 5.92 Å². The van der Waals surface area contributed by atoms with Crippen LogP contribution in [0.25, 0.3) is 0 Å².